The maximum Gasteiger partial charge on any atom is 0.196 e. The zero-order valence-electron chi connectivity index (χ0n) is 17.2. The molecule has 0 amide bonds. The molecule has 2 aromatic carbocycles. The lowest BCUT2D eigenvalue weighted by atomic mass is 10.0. The van der Waals surface area contributed by atoms with E-state index in [2.05, 4.69) is 6.92 Å². The minimum absolute atomic E-state index is 0.0575. The van der Waals surface area contributed by atoms with E-state index in [-0.39, 0.29) is 30.3 Å². The lowest BCUT2D eigenvalue weighted by Gasteiger charge is -2.13. The van der Waals surface area contributed by atoms with E-state index < -0.39 is 6.10 Å². The molecule has 1 atom stereocenters. The number of carbonyl (C=O) groups excluding carboxylic acids is 1. The van der Waals surface area contributed by atoms with Gasteiger partial charge in [-0.3, -0.25) is 4.79 Å². The van der Waals surface area contributed by atoms with Crippen LogP contribution in [-0.4, -0.2) is 41.9 Å². The van der Waals surface area contributed by atoms with E-state index in [9.17, 15) is 15.0 Å². The Labute approximate surface area is 173 Å². The minimum atomic E-state index is -0.747. The highest BCUT2D eigenvalue weighted by molar-refractivity contribution is 6.10. The Balaban J connectivity index is 1.70. The number of carbonyl (C=O) groups is 1. The topological polar surface area (TPSA) is 76.0 Å². The molecule has 0 fully saturated rings. The third kappa shape index (κ3) is 8.26. The Kier molecular flexibility index (Phi) is 10.2. The van der Waals surface area contributed by atoms with E-state index >= 15 is 0 Å². The molecule has 0 saturated heterocycles. The summed E-state index contributed by atoms with van der Waals surface area (Å²) < 4.78 is 11.0. The fraction of sp³-hybridized carbons (Fsp3) is 0.458. The summed E-state index contributed by atoms with van der Waals surface area (Å²) in [5, 5.41) is 20.2. The van der Waals surface area contributed by atoms with Gasteiger partial charge < -0.3 is 19.7 Å². The number of rotatable bonds is 14. The molecule has 0 bridgehead atoms. The van der Waals surface area contributed by atoms with Gasteiger partial charge >= 0.3 is 0 Å². The monoisotopic (exact) mass is 400 g/mol. The first kappa shape index (κ1) is 22.9. The van der Waals surface area contributed by atoms with Gasteiger partial charge in [-0.1, -0.05) is 69.4 Å². The second kappa shape index (κ2) is 13.0. The predicted octanol–water partition coefficient (Wildman–Crippen LogP) is 4.74. The molecular formula is C24H32O5. The zero-order valence-corrected chi connectivity index (χ0v) is 17.2. The van der Waals surface area contributed by atoms with E-state index in [1.54, 1.807) is 30.3 Å². The van der Waals surface area contributed by atoms with Crippen LogP contribution in [-0.2, 0) is 4.74 Å². The number of hydrogen-bond donors (Lipinski definition) is 2. The molecule has 0 heterocycles. The van der Waals surface area contributed by atoms with Crippen molar-refractivity contribution in [2.75, 3.05) is 19.8 Å². The van der Waals surface area contributed by atoms with E-state index in [4.69, 9.17) is 9.47 Å². The summed E-state index contributed by atoms with van der Waals surface area (Å²) >= 11 is 0. The van der Waals surface area contributed by atoms with Gasteiger partial charge in [-0.05, 0) is 18.6 Å². The number of phenolic OH excluding ortho intramolecular Hbond substituents is 1. The minimum Gasteiger partial charge on any atom is -0.507 e. The van der Waals surface area contributed by atoms with Crippen LogP contribution in [0.25, 0.3) is 0 Å². The number of aromatic hydroxyl groups is 1. The number of aliphatic hydroxyl groups excluding tert-OH is 1. The summed E-state index contributed by atoms with van der Waals surface area (Å²) in [6.45, 7) is 3.11. The van der Waals surface area contributed by atoms with E-state index in [1.165, 1.54) is 37.8 Å². The maximum absolute atomic E-state index is 12.4. The molecule has 2 rings (SSSR count). The summed E-state index contributed by atoms with van der Waals surface area (Å²) in [4.78, 5) is 12.4. The summed E-state index contributed by atoms with van der Waals surface area (Å²) in [6, 6.07) is 13.3. The van der Waals surface area contributed by atoms with Crippen LogP contribution in [0.2, 0.25) is 0 Å². The SMILES string of the molecule is CCCCCCCCOC[C@@H](O)COc1ccc(C(=O)c2ccccc2)c(O)c1. The molecule has 0 saturated carbocycles. The van der Waals surface area contributed by atoms with Gasteiger partial charge in [0.2, 0.25) is 0 Å². The molecule has 0 aromatic heterocycles. The van der Waals surface area contributed by atoms with Crippen LogP contribution < -0.4 is 4.74 Å². The van der Waals surface area contributed by atoms with Crippen LogP contribution in [0.5, 0.6) is 11.5 Å². The molecule has 0 aliphatic carbocycles. The van der Waals surface area contributed by atoms with Gasteiger partial charge in [0.25, 0.3) is 0 Å². The highest BCUT2D eigenvalue weighted by Crippen LogP contribution is 2.26. The summed E-state index contributed by atoms with van der Waals surface area (Å²) in [6.07, 6.45) is 6.44. The molecule has 158 valence electrons. The maximum atomic E-state index is 12.4. The lowest BCUT2D eigenvalue weighted by Crippen LogP contribution is -2.23. The number of hydrogen-bond acceptors (Lipinski definition) is 5. The zero-order chi connectivity index (χ0) is 20.9. The third-order valence-electron chi connectivity index (χ3n) is 4.64. The van der Waals surface area contributed by atoms with Gasteiger partial charge in [0, 0.05) is 18.2 Å². The Morgan fingerprint density at radius 2 is 1.69 bits per heavy atom. The molecule has 0 aliphatic rings. The Bertz CT molecular complexity index is 729. The van der Waals surface area contributed by atoms with Crippen molar-refractivity contribution in [1.82, 2.24) is 0 Å². The molecule has 2 N–H and O–H groups in total. The largest absolute Gasteiger partial charge is 0.507 e. The van der Waals surface area contributed by atoms with Gasteiger partial charge in [-0.25, -0.2) is 0 Å². The second-order valence-electron chi connectivity index (χ2n) is 7.18. The Hall–Kier alpha value is -2.37. The van der Waals surface area contributed by atoms with E-state index in [0.29, 0.717) is 17.9 Å². The first-order valence-corrected chi connectivity index (χ1v) is 10.4. The molecule has 0 unspecified atom stereocenters. The van der Waals surface area contributed by atoms with Crippen molar-refractivity contribution in [3.8, 4) is 11.5 Å². The molecule has 0 spiro atoms. The van der Waals surface area contributed by atoms with Gasteiger partial charge in [0.15, 0.2) is 5.78 Å². The summed E-state index contributed by atoms with van der Waals surface area (Å²) in [5.74, 6) is -0.00923. The molecule has 5 heteroatoms. The van der Waals surface area contributed by atoms with Crippen molar-refractivity contribution in [2.24, 2.45) is 0 Å². The van der Waals surface area contributed by atoms with Crippen molar-refractivity contribution in [1.29, 1.82) is 0 Å². The van der Waals surface area contributed by atoms with Crippen molar-refractivity contribution in [3.63, 3.8) is 0 Å². The number of phenols is 1. The first-order chi connectivity index (χ1) is 14.1. The molecule has 29 heavy (non-hydrogen) atoms. The fourth-order valence-electron chi connectivity index (χ4n) is 2.98. The molecule has 2 aromatic rings. The molecular weight excluding hydrogens is 368 g/mol. The number of ether oxygens (including phenoxy) is 2. The lowest BCUT2D eigenvalue weighted by molar-refractivity contribution is 0.0109. The number of ketones is 1. The number of aliphatic hydroxyl groups is 1. The quantitative estimate of drug-likeness (QED) is 0.354. The van der Waals surface area contributed by atoms with Crippen molar-refractivity contribution in [2.45, 2.75) is 51.6 Å². The number of benzene rings is 2. The molecule has 0 radical (unpaired) electrons. The van der Waals surface area contributed by atoms with Crippen molar-refractivity contribution in [3.05, 3.63) is 59.7 Å². The standard InChI is InChI=1S/C24H32O5/c1-2-3-4-5-6-10-15-28-17-20(25)18-29-21-13-14-22(23(26)16-21)24(27)19-11-8-7-9-12-19/h7-9,11-14,16,20,25-26H,2-6,10,15,17-18H2,1H3/t20-/m1/s1. The van der Waals surface area contributed by atoms with Gasteiger partial charge in [-0.15, -0.1) is 0 Å². The van der Waals surface area contributed by atoms with Crippen LogP contribution in [0.1, 0.15) is 61.4 Å². The first-order valence-electron chi connectivity index (χ1n) is 10.4. The Morgan fingerprint density at radius 3 is 2.41 bits per heavy atom. The fourth-order valence-corrected chi connectivity index (χ4v) is 2.98. The van der Waals surface area contributed by atoms with Crippen LogP contribution in [0.15, 0.2) is 48.5 Å². The third-order valence-corrected chi connectivity index (χ3v) is 4.64. The average molecular weight is 401 g/mol. The van der Waals surface area contributed by atoms with E-state index in [1.807, 2.05) is 6.07 Å². The van der Waals surface area contributed by atoms with Gasteiger partial charge in [0.1, 0.15) is 24.2 Å². The normalized spacial score (nSPS) is 11.9. The van der Waals surface area contributed by atoms with E-state index in [0.717, 1.165) is 12.8 Å². The van der Waals surface area contributed by atoms with Crippen molar-refractivity contribution < 1.29 is 24.5 Å². The summed E-state index contributed by atoms with van der Waals surface area (Å²) in [5.41, 5.74) is 0.723. The smallest absolute Gasteiger partial charge is 0.196 e. The molecule has 5 nitrogen and oxygen atoms in total. The van der Waals surface area contributed by atoms with Gasteiger partial charge in [0.05, 0.1) is 12.2 Å². The van der Waals surface area contributed by atoms with Crippen LogP contribution in [0.3, 0.4) is 0 Å². The highest BCUT2D eigenvalue weighted by Gasteiger charge is 2.14. The van der Waals surface area contributed by atoms with Crippen LogP contribution in [0, 0.1) is 0 Å². The molecule has 0 aliphatic heterocycles. The van der Waals surface area contributed by atoms with Crippen LogP contribution in [0.4, 0.5) is 0 Å². The Morgan fingerprint density at radius 1 is 0.966 bits per heavy atom. The number of unbranched alkanes of at least 4 members (excludes halogenated alkanes) is 5. The van der Waals surface area contributed by atoms with Crippen molar-refractivity contribution >= 4 is 5.78 Å². The highest BCUT2D eigenvalue weighted by atomic mass is 16.5. The average Bonchev–Trinajstić information content (AvgIpc) is 2.74. The summed E-state index contributed by atoms with van der Waals surface area (Å²) in [7, 11) is 0. The van der Waals surface area contributed by atoms with Crippen LogP contribution >= 0.6 is 0 Å². The predicted molar refractivity (Wildman–Crippen MR) is 114 cm³/mol. The van der Waals surface area contributed by atoms with Gasteiger partial charge in [-0.2, -0.15) is 0 Å². The second-order valence-corrected chi connectivity index (χ2v) is 7.18.